The van der Waals surface area contributed by atoms with E-state index in [0.717, 1.165) is 43.1 Å². The van der Waals surface area contributed by atoms with Crippen LogP contribution in [-0.4, -0.2) is 12.2 Å². The second-order valence-corrected chi connectivity index (χ2v) is 6.14. The summed E-state index contributed by atoms with van der Waals surface area (Å²) in [5, 5.41) is 7.31. The Kier molecular flexibility index (Phi) is 2.97. The normalized spacial score (nSPS) is 11.1. The number of rotatable bonds is 2. The first kappa shape index (κ1) is 14.5. The van der Waals surface area contributed by atoms with Gasteiger partial charge in [-0.1, -0.05) is 60.7 Å². The van der Waals surface area contributed by atoms with Crippen molar-refractivity contribution in [3.05, 3.63) is 60.7 Å². The number of hydrogen-bond donors (Lipinski definition) is 0. The van der Waals surface area contributed by atoms with E-state index in [9.17, 15) is 9.59 Å². The summed E-state index contributed by atoms with van der Waals surface area (Å²) in [7, 11) is 0. The zero-order chi connectivity index (χ0) is 17.7. The number of hydrogen-bond acceptors (Lipinski definition) is 4. The first-order valence-corrected chi connectivity index (χ1v) is 8.11. The van der Waals surface area contributed by atoms with E-state index < -0.39 is 0 Å². The Labute approximate surface area is 147 Å². The van der Waals surface area contributed by atoms with Crippen LogP contribution in [0.1, 0.15) is 0 Å². The number of nitrogens with zero attached hydrogens (tertiary/aromatic N) is 2. The molecule has 6 aromatic carbocycles. The summed E-state index contributed by atoms with van der Waals surface area (Å²) in [6.45, 7) is 0. The number of isocyanates is 2. The summed E-state index contributed by atoms with van der Waals surface area (Å²) >= 11 is 0. The summed E-state index contributed by atoms with van der Waals surface area (Å²) < 4.78 is 0. The van der Waals surface area contributed by atoms with Crippen molar-refractivity contribution in [3.63, 3.8) is 0 Å². The van der Waals surface area contributed by atoms with Crippen molar-refractivity contribution in [3.8, 4) is 0 Å². The minimum atomic E-state index is 0.540. The molecule has 0 aliphatic rings. The van der Waals surface area contributed by atoms with Gasteiger partial charge in [-0.25, -0.2) is 9.59 Å². The molecule has 4 heteroatoms. The van der Waals surface area contributed by atoms with Crippen molar-refractivity contribution in [2.45, 2.75) is 0 Å². The zero-order valence-corrected chi connectivity index (χ0v) is 13.5. The van der Waals surface area contributed by atoms with Crippen LogP contribution in [0, 0.1) is 0 Å². The van der Waals surface area contributed by atoms with Crippen molar-refractivity contribution in [2.75, 3.05) is 0 Å². The van der Waals surface area contributed by atoms with Crippen LogP contribution < -0.4 is 0 Å². The maximum absolute atomic E-state index is 11.2. The van der Waals surface area contributed by atoms with Gasteiger partial charge in [0.05, 0.1) is 11.4 Å². The third-order valence-electron chi connectivity index (χ3n) is 4.93. The lowest BCUT2D eigenvalue weighted by molar-refractivity contribution is 0.564. The zero-order valence-electron chi connectivity index (χ0n) is 13.5. The quantitative estimate of drug-likeness (QED) is 0.181. The molecule has 26 heavy (non-hydrogen) atoms. The van der Waals surface area contributed by atoms with Crippen LogP contribution in [0.15, 0.2) is 70.6 Å². The van der Waals surface area contributed by atoms with Gasteiger partial charge >= 0.3 is 0 Å². The van der Waals surface area contributed by atoms with Gasteiger partial charge in [0.25, 0.3) is 0 Å². The Bertz CT molecular complexity index is 1420. The molecule has 0 radical (unpaired) electrons. The molecule has 0 heterocycles. The molecule has 0 spiro atoms. The topological polar surface area (TPSA) is 58.9 Å². The average Bonchev–Trinajstić information content (AvgIpc) is 2.70. The molecule has 0 saturated heterocycles. The van der Waals surface area contributed by atoms with E-state index in [1.807, 2.05) is 48.5 Å². The predicted octanol–water partition coefficient (Wildman–Crippen LogP) is 5.67. The summed E-state index contributed by atoms with van der Waals surface area (Å²) in [5.74, 6) is 0. The van der Waals surface area contributed by atoms with Gasteiger partial charge in [-0.05, 0) is 21.5 Å². The fraction of sp³-hybridized carbons (Fsp3) is 0. The molecule has 0 aliphatic carbocycles. The number of fused-ring (bicyclic) bond motifs is 4. The number of benzene rings is 6. The molecule has 0 N–H and O–H groups in total. The third-order valence-corrected chi connectivity index (χ3v) is 4.93. The van der Waals surface area contributed by atoms with Gasteiger partial charge in [0.1, 0.15) is 0 Å². The minimum absolute atomic E-state index is 0.540. The van der Waals surface area contributed by atoms with Gasteiger partial charge in [0, 0.05) is 21.5 Å². The van der Waals surface area contributed by atoms with Gasteiger partial charge in [0.15, 0.2) is 0 Å². The highest BCUT2D eigenvalue weighted by atomic mass is 16.1. The lowest BCUT2D eigenvalue weighted by atomic mass is 9.90. The molecule has 6 rings (SSSR count). The second-order valence-electron chi connectivity index (χ2n) is 6.14. The highest BCUT2D eigenvalue weighted by Crippen LogP contribution is 2.47. The van der Waals surface area contributed by atoms with Crippen LogP contribution in [0.2, 0.25) is 0 Å². The smallest absolute Gasteiger partial charge is 0.211 e. The Hall–Kier alpha value is -3.84. The monoisotopic (exact) mass is 334 g/mol. The van der Waals surface area contributed by atoms with Crippen LogP contribution in [0.25, 0.3) is 43.1 Å². The fourth-order valence-corrected chi connectivity index (χ4v) is 3.91. The first-order valence-electron chi connectivity index (χ1n) is 8.11. The van der Waals surface area contributed by atoms with Gasteiger partial charge in [-0.3, -0.25) is 0 Å². The largest absolute Gasteiger partial charge is 0.240 e. The Morgan fingerprint density at radius 1 is 0.538 bits per heavy atom. The van der Waals surface area contributed by atoms with Crippen molar-refractivity contribution in [1.29, 1.82) is 0 Å². The summed E-state index contributed by atoms with van der Waals surface area (Å²) in [5.41, 5.74) is 1.09. The van der Waals surface area contributed by atoms with Crippen molar-refractivity contribution >= 4 is 66.6 Å². The van der Waals surface area contributed by atoms with Gasteiger partial charge in [-0.15, -0.1) is 0 Å². The lowest BCUT2D eigenvalue weighted by Gasteiger charge is -2.15. The molecule has 4 nitrogen and oxygen atoms in total. The predicted molar refractivity (Wildman–Crippen MR) is 103 cm³/mol. The summed E-state index contributed by atoms with van der Waals surface area (Å²) in [6.07, 6.45) is 3.35. The minimum Gasteiger partial charge on any atom is -0.211 e. The Morgan fingerprint density at radius 2 is 1.12 bits per heavy atom. The van der Waals surface area contributed by atoms with Gasteiger partial charge < -0.3 is 0 Å². The van der Waals surface area contributed by atoms with E-state index in [0.29, 0.717) is 11.4 Å². The molecule has 120 valence electrons. The lowest BCUT2D eigenvalue weighted by Crippen LogP contribution is -1.87. The highest BCUT2D eigenvalue weighted by molar-refractivity contribution is 6.31. The first-order chi connectivity index (χ1) is 12.8. The maximum atomic E-state index is 11.2. The van der Waals surface area contributed by atoms with Gasteiger partial charge in [0.2, 0.25) is 12.2 Å². The van der Waals surface area contributed by atoms with Crippen LogP contribution in [0.3, 0.4) is 0 Å². The van der Waals surface area contributed by atoms with Crippen molar-refractivity contribution < 1.29 is 9.59 Å². The van der Waals surface area contributed by atoms with Crippen LogP contribution in [-0.2, 0) is 9.59 Å². The van der Waals surface area contributed by atoms with Crippen LogP contribution in [0.4, 0.5) is 11.4 Å². The molecule has 6 aromatic rings. The molecule has 2 bridgehead atoms. The molecular formula is C22H10N2O2. The number of carbonyl (C=O) groups excluding carboxylic acids is 2. The molecular weight excluding hydrogens is 324 g/mol. The van der Waals surface area contributed by atoms with Crippen LogP contribution in [0.5, 0.6) is 0 Å². The molecule has 0 fully saturated rings. The average molecular weight is 334 g/mol. The molecule has 0 aliphatic heterocycles. The fourth-order valence-electron chi connectivity index (χ4n) is 3.91. The van der Waals surface area contributed by atoms with Crippen LogP contribution >= 0.6 is 0 Å². The van der Waals surface area contributed by atoms with E-state index >= 15 is 0 Å². The Balaban J connectivity index is 2.22. The van der Waals surface area contributed by atoms with E-state index in [4.69, 9.17) is 0 Å². The summed E-state index contributed by atoms with van der Waals surface area (Å²) in [6, 6.07) is 19.6. The number of aliphatic imine (C=N–C) groups is 2. The third kappa shape index (κ3) is 1.80. The van der Waals surface area contributed by atoms with Crippen molar-refractivity contribution in [1.82, 2.24) is 0 Å². The van der Waals surface area contributed by atoms with Crippen molar-refractivity contribution in [2.24, 2.45) is 9.98 Å². The maximum Gasteiger partial charge on any atom is 0.240 e. The summed E-state index contributed by atoms with van der Waals surface area (Å²) in [4.78, 5) is 30.3. The van der Waals surface area contributed by atoms with Gasteiger partial charge in [-0.2, -0.15) is 9.98 Å². The second kappa shape index (κ2) is 5.33. The van der Waals surface area contributed by atoms with E-state index in [-0.39, 0.29) is 0 Å². The van der Waals surface area contributed by atoms with E-state index in [2.05, 4.69) is 22.1 Å². The molecule has 0 atom stereocenters. The Morgan fingerprint density at radius 3 is 1.81 bits per heavy atom. The molecule has 0 amide bonds. The van der Waals surface area contributed by atoms with E-state index in [1.54, 1.807) is 12.2 Å². The highest BCUT2D eigenvalue weighted by Gasteiger charge is 2.17. The molecule has 0 saturated carbocycles. The van der Waals surface area contributed by atoms with E-state index in [1.165, 1.54) is 0 Å². The molecule has 0 unspecified atom stereocenters. The standard InChI is InChI=1S/C22H10N2O2/c25-11-23-21-16-3-1-2-4-17(16)22(24-12-26)20-18(21)10-9-15-13-5-7-14(8-6-13)19(15)20/h1-10H. The molecule has 0 aromatic heterocycles. The SMILES string of the molecule is O=C=Nc1c2ccccc2c(N=C=O)c2c1ccc1c3ccc(cc3)c12.